The maximum Gasteiger partial charge on any atom is 0.272 e. The maximum absolute atomic E-state index is 12.6. The van der Waals surface area contributed by atoms with Gasteiger partial charge in [0.05, 0.1) is 4.92 Å². The summed E-state index contributed by atoms with van der Waals surface area (Å²) < 4.78 is 0. The largest absolute Gasteiger partial charge is 0.339 e. The molecule has 1 aliphatic heterocycles. The van der Waals surface area contributed by atoms with E-state index in [1.165, 1.54) is 18.9 Å². The lowest BCUT2D eigenvalue weighted by molar-refractivity contribution is -0.385. The van der Waals surface area contributed by atoms with Crippen LogP contribution >= 0.6 is 0 Å². The third-order valence-corrected chi connectivity index (χ3v) is 4.81. The van der Waals surface area contributed by atoms with Gasteiger partial charge in [-0.25, -0.2) is 0 Å². The third kappa shape index (κ3) is 3.88. The Morgan fingerprint density at radius 1 is 1.30 bits per heavy atom. The Hall–Kier alpha value is -1.95. The van der Waals surface area contributed by atoms with E-state index < -0.39 is 4.92 Å². The number of benzene rings is 1. The van der Waals surface area contributed by atoms with Crippen LogP contribution in [0.1, 0.15) is 41.6 Å². The van der Waals surface area contributed by atoms with E-state index in [2.05, 4.69) is 5.32 Å². The second-order valence-corrected chi connectivity index (χ2v) is 6.68. The smallest absolute Gasteiger partial charge is 0.272 e. The number of nitrogens with one attached hydrogen (secondary N) is 1. The molecule has 1 aromatic carbocycles. The average Bonchev–Trinajstić information content (AvgIpc) is 3.36. The molecule has 0 atom stereocenters. The quantitative estimate of drug-likeness (QED) is 0.669. The number of carbonyl (C=O) groups is 1. The number of piperidine rings is 1. The van der Waals surface area contributed by atoms with Gasteiger partial charge in [-0.1, -0.05) is 0 Å². The topological polar surface area (TPSA) is 75.5 Å². The summed E-state index contributed by atoms with van der Waals surface area (Å²) in [5.41, 5.74) is 1.13. The number of rotatable bonds is 5. The van der Waals surface area contributed by atoms with Crippen molar-refractivity contribution in [2.24, 2.45) is 5.92 Å². The third-order valence-electron chi connectivity index (χ3n) is 4.81. The lowest BCUT2D eigenvalue weighted by Crippen LogP contribution is -2.45. The fourth-order valence-corrected chi connectivity index (χ4v) is 3.12. The molecule has 6 nitrogen and oxygen atoms in total. The summed E-state index contributed by atoms with van der Waals surface area (Å²) >= 11 is 0. The molecule has 1 saturated heterocycles. The van der Waals surface area contributed by atoms with Crippen LogP contribution in [0.5, 0.6) is 0 Å². The minimum Gasteiger partial charge on any atom is -0.339 e. The second-order valence-electron chi connectivity index (χ2n) is 6.68. The van der Waals surface area contributed by atoms with Crippen molar-refractivity contribution in [3.05, 3.63) is 39.4 Å². The SMILES string of the molecule is Cc1cc(C(=O)N2CCC(NCC3CC3)CC2)ccc1[N+](=O)[O-]. The van der Waals surface area contributed by atoms with Gasteiger partial charge in [0.2, 0.25) is 0 Å². The molecule has 1 heterocycles. The van der Waals surface area contributed by atoms with Crippen molar-refractivity contribution in [3.8, 4) is 0 Å². The molecule has 0 bridgehead atoms. The first-order valence-corrected chi connectivity index (χ1v) is 8.32. The Kier molecular flexibility index (Phi) is 4.61. The molecule has 1 aromatic rings. The monoisotopic (exact) mass is 317 g/mol. The Morgan fingerprint density at radius 2 is 2.00 bits per heavy atom. The number of aryl methyl sites for hydroxylation is 1. The summed E-state index contributed by atoms with van der Waals surface area (Å²) in [5, 5.41) is 14.5. The Labute approximate surface area is 136 Å². The van der Waals surface area contributed by atoms with Crippen LogP contribution < -0.4 is 5.32 Å². The summed E-state index contributed by atoms with van der Waals surface area (Å²) in [4.78, 5) is 24.9. The van der Waals surface area contributed by atoms with Crippen molar-refractivity contribution < 1.29 is 9.72 Å². The predicted molar refractivity (Wildman–Crippen MR) is 87.5 cm³/mol. The highest BCUT2D eigenvalue weighted by Crippen LogP contribution is 2.28. The first-order valence-electron chi connectivity index (χ1n) is 8.32. The number of nitro groups is 1. The zero-order chi connectivity index (χ0) is 16.4. The number of nitrogens with zero attached hydrogens (tertiary/aromatic N) is 2. The number of hydrogen-bond acceptors (Lipinski definition) is 4. The van der Waals surface area contributed by atoms with Crippen LogP contribution in [0.25, 0.3) is 0 Å². The van der Waals surface area contributed by atoms with E-state index in [4.69, 9.17) is 0 Å². The zero-order valence-electron chi connectivity index (χ0n) is 13.5. The van der Waals surface area contributed by atoms with Gasteiger partial charge in [0.15, 0.2) is 0 Å². The highest BCUT2D eigenvalue weighted by molar-refractivity contribution is 5.94. The molecule has 1 saturated carbocycles. The van der Waals surface area contributed by atoms with Crippen molar-refractivity contribution in [3.63, 3.8) is 0 Å². The molecule has 6 heteroatoms. The standard InChI is InChI=1S/C17H23N3O3/c1-12-10-14(4-5-16(12)20(22)23)17(21)19-8-6-15(7-9-19)18-11-13-2-3-13/h4-5,10,13,15,18H,2-3,6-9,11H2,1H3. The maximum atomic E-state index is 12.6. The Morgan fingerprint density at radius 3 is 2.57 bits per heavy atom. The Balaban J connectivity index is 1.56. The van der Waals surface area contributed by atoms with E-state index in [0.717, 1.165) is 38.4 Å². The minimum absolute atomic E-state index is 0.0244. The Bertz CT molecular complexity index is 605. The molecule has 1 amide bonds. The van der Waals surface area contributed by atoms with Crippen molar-refractivity contribution >= 4 is 11.6 Å². The van der Waals surface area contributed by atoms with Gasteiger partial charge in [-0.05, 0) is 57.2 Å². The number of likely N-dealkylation sites (tertiary alicyclic amines) is 1. The zero-order valence-corrected chi connectivity index (χ0v) is 13.5. The molecular formula is C17H23N3O3. The second kappa shape index (κ2) is 6.66. The first-order chi connectivity index (χ1) is 11.0. The molecule has 0 spiro atoms. The van der Waals surface area contributed by atoms with E-state index in [1.54, 1.807) is 19.1 Å². The van der Waals surface area contributed by atoms with Crippen LogP contribution in [0.2, 0.25) is 0 Å². The molecule has 0 aromatic heterocycles. The van der Waals surface area contributed by atoms with Gasteiger partial charge in [-0.15, -0.1) is 0 Å². The van der Waals surface area contributed by atoms with E-state index in [-0.39, 0.29) is 11.6 Å². The van der Waals surface area contributed by atoms with Gasteiger partial charge in [-0.3, -0.25) is 14.9 Å². The molecule has 2 fully saturated rings. The lowest BCUT2D eigenvalue weighted by atomic mass is 10.0. The van der Waals surface area contributed by atoms with E-state index >= 15 is 0 Å². The van der Waals surface area contributed by atoms with Crippen LogP contribution in [0, 0.1) is 23.0 Å². The van der Waals surface area contributed by atoms with Gasteiger partial charge in [0.25, 0.3) is 11.6 Å². The van der Waals surface area contributed by atoms with Crippen molar-refractivity contribution in [1.29, 1.82) is 0 Å². The van der Waals surface area contributed by atoms with Crippen LogP contribution in [-0.4, -0.2) is 41.4 Å². The summed E-state index contributed by atoms with van der Waals surface area (Å²) in [6, 6.07) is 5.12. The van der Waals surface area contributed by atoms with Crippen molar-refractivity contribution in [2.45, 2.75) is 38.6 Å². The highest BCUT2D eigenvalue weighted by Gasteiger charge is 2.26. The highest BCUT2D eigenvalue weighted by atomic mass is 16.6. The summed E-state index contributed by atoms with van der Waals surface area (Å²) in [6.45, 7) is 4.28. The number of hydrogen-bond donors (Lipinski definition) is 1. The summed E-state index contributed by atoms with van der Waals surface area (Å²) in [7, 11) is 0. The number of carbonyl (C=O) groups excluding carboxylic acids is 1. The fraction of sp³-hybridized carbons (Fsp3) is 0.588. The van der Waals surface area contributed by atoms with Crippen LogP contribution in [0.15, 0.2) is 18.2 Å². The summed E-state index contributed by atoms with van der Waals surface area (Å²) in [5.74, 6) is 0.849. The van der Waals surface area contributed by atoms with E-state index in [0.29, 0.717) is 17.2 Å². The normalized spacial score (nSPS) is 18.9. The molecule has 2 aliphatic rings. The van der Waals surface area contributed by atoms with E-state index in [1.807, 2.05) is 4.90 Å². The average molecular weight is 317 g/mol. The van der Waals surface area contributed by atoms with Crippen LogP contribution in [0.3, 0.4) is 0 Å². The van der Waals surface area contributed by atoms with Gasteiger partial charge >= 0.3 is 0 Å². The molecule has 23 heavy (non-hydrogen) atoms. The van der Waals surface area contributed by atoms with Crippen LogP contribution in [0.4, 0.5) is 5.69 Å². The predicted octanol–water partition coefficient (Wildman–Crippen LogP) is 2.51. The summed E-state index contributed by atoms with van der Waals surface area (Å²) in [6.07, 6.45) is 4.66. The molecule has 0 radical (unpaired) electrons. The van der Waals surface area contributed by atoms with Gasteiger partial charge in [0, 0.05) is 36.3 Å². The molecule has 3 rings (SSSR count). The fourth-order valence-electron chi connectivity index (χ4n) is 3.12. The lowest BCUT2D eigenvalue weighted by Gasteiger charge is -2.32. The number of nitro benzene ring substituents is 1. The molecule has 1 N–H and O–H groups in total. The molecule has 0 unspecified atom stereocenters. The minimum atomic E-state index is -0.416. The molecular weight excluding hydrogens is 294 g/mol. The van der Waals surface area contributed by atoms with Gasteiger partial charge in [-0.2, -0.15) is 0 Å². The molecule has 1 aliphatic carbocycles. The molecule has 124 valence electrons. The van der Waals surface area contributed by atoms with Crippen molar-refractivity contribution in [2.75, 3.05) is 19.6 Å². The van der Waals surface area contributed by atoms with Crippen molar-refractivity contribution in [1.82, 2.24) is 10.2 Å². The van der Waals surface area contributed by atoms with E-state index in [9.17, 15) is 14.9 Å². The van der Waals surface area contributed by atoms with Crippen LogP contribution in [-0.2, 0) is 0 Å². The van der Waals surface area contributed by atoms with Gasteiger partial charge < -0.3 is 10.2 Å². The first kappa shape index (κ1) is 15.9. The van der Waals surface area contributed by atoms with Gasteiger partial charge in [0.1, 0.15) is 0 Å². The number of amides is 1.